The van der Waals surface area contributed by atoms with E-state index in [1.807, 2.05) is 31.2 Å². The van der Waals surface area contributed by atoms with Crippen LogP contribution >= 0.6 is 0 Å². The van der Waals surface area contributed by atoms with Gasteiger partial charge in [0.2, 0.25) is 21.8 Å². The van der Waals surface area contributed by atoms with Crippen LogP contribution in [0.15, 0.2) is 59.6 Å². The number of aromatic amines is 1. The number of carboxylic acid groups (broad SMARTS) is 1. The third kappa shape index (κ3) is 6.22. The van der Waals surface area contributed by atoms with Gasteiger partial charge in [-0.25, -0.2) is 13.2 Å². The van der Waals surface area contributed by atoms with Crippen molar-refractivity contribution in [1.82, 2.24) is 19.9 Å². The Labute approximate surface area is 221 Å². The van der Waals surface area contributed by atoms with Crippen LogP contribution in [0, 0.1) is 12.8 Å². The lowest BCUT2D eigenvalue weighted by atomic mass is 9.94. The maximum Gasteiger partial charge on any atom is 0.326 e. The van der Waals surface area contributed by atoms with Gasteiger partial charge in [-0.05, 0) is 50.5 Å². The summed E-state index contributed by atoms with van der Waals surface area (Å²) in [4.78, 5) is 42.4. The van der Waals surface area contributed by atoms with E-state index >= 15 is 0 Å². The van der Waals surface area contributed by atoms with Crippen LogP contribution in [0.1, 0.15) is 30.9 Å². The molecule has 2 atom stereocenters. The summed E-state index contributed by atoms with van der Waals surface area (Å²) >= 11 is 0. The van der Waals surface area contributed by atoms with Gasteiger partial charge < -0.3 is 20.3 Å². The number of hydrogen-bond acceptors (Lipinski definition) is 5. The number of nitrogens with zero attached hydrogens (tertiary/aromatic N) is 1. The van der Waals surface area contributed by atoms with Gasteiger partial charge in [0.25, 0.3) is 0 Å². The first-order valence-electron chi connectivity index (χ1n) is 12.5. The molecular weight excluding hydrogens is 508 g/mol. The second-order valence-electron chi connectivity index (χ2n) is 9.72. The zero-order valence-electron chi connectivity index (χ0n) is 21.3. The quantitative estimate of drug-likeness (QED) is 0.327. The monoisotopic (exact) mass is 540 g/mol. The van der Waals surface area contributed by atoms with Crippen molar-refractivity contribution >= 4 is 38.7 Å². The lowest BCUT2D eigenvalue weighted by molar-refractivity contribution is -0.143. The van der Waals surface area contributed by atoms with Crippen LogP contribution in [0.2, 0.25) is 0 Å². The minimum absolute atomic E-state index is 0.0822. The number of aliphatic carboxylic acids is 1. The Morgan fingerprint density at radius 1 is 1.08 bits per heavy atom. The number of nitrogens with one attached hydrogen (secondary N) is 3. The Morgan fingerprint density at radius 3 is 2.39 bits per heavy atom. The largest absolute Gasteiger partial charge is 0.480 e. The van der Waals surface area contributed by atoms with Crippen LogP contribution in [0.5, 0.6) is 0 Å². The number of H-pyrrole nitrogens is 1. The average molecular weight is 541 g/mol. The number of amides is 2. The highest BCUT2D eigenvalue weighted by Crippen LogP contribution is 2.21. The number of piperidine rings is 1. The molecule has 2 aromatic carbocycles. The maximum atomic E-state index is 12.9. The number of aryl methyl sites for hydroxylation is 1. The smallest absolute Gasteiger partial charge is 0.326 e. The van der Waals surface area contributed by atoms with Gasteiger partial charge in [0, 0.05) is 42.5 Å². The molecule has 2 unspecified atom stereocenters. The SMILES string of the molecule is Cc1ccc(S(=O)(=O)NC(C)C(=O)N2CCC(C(=O)NC(Cc3c[nH]c4ccccc34)C(=O)O)CC2)cc1. The summed E-state index contributed by atoms with van der Waals surface area (Å²) in [6, 6.07) is 11.8. The molecule has 202 valence electrons. The molecule has 10 nitrogen and oxygen atoms in total. The van der Waals surface area contributed by atoms with Crippen molar-refractivity contribution in [2.75, 3.05) is 13.1 Å². The Balaban J connectivity index is 1.31. The lowest BCUT2D eigenvalue weighted by Gasteiger charge is -2.33. The van der Waals surface area contributed by atoms with E-state index in [0.717, 1.165) is 22.0 Å². The molecule has 38 heavy (non-hydrogen) atoms. The third-order valence-electron chi connectivity index (χ3n) is 6.92. The van der Waals surface area contributed by atoms with Gasteiger partial charge in [-0.15, -0.1) is 0 Å². The fraction of sp³-hybridized carbons (Fsp3) is 0.370. The Kier molecular flexibility index (Phi) is 8.17. The van der Waals surface area contributed by atoms with Crippen LogP contribution in [0.25, 0.3) is 10.9 Å². The highest BCUT2D eigenvalue weighted by Gasteiger charge is 2.33. The van der Waals surface area contributed by atoms with Gasteiger partial charge in [0.05, 0.1) is 10.9 Å². The molecule has 1 aromatic heterocycles. The number of fused-ring (bicyclic) bond motifs is 1. The second-order valence-corrected chi connectivity index (χ2v) is 11.4. The first-order valence-corrected chi connectivity index (χ1v) is 14.0. The Bertz CT molecular complexity index is 1430. The Morgan fingerprint density at radius 2 is 1.74 bits per heavy atom. The number of aromatic nitrogens is 1. The maximum absolute atomic E-state index is 12.9. The molecule has 2 heterocycles. The molecule has 0 spiro atoms. The van der Waals surface area contributed by atoms with Gasteiger partial charge >= 0.3 is 5.97 Å². The second kappa shape index (κ2) is 11.4. The molecule has 0 radical (unpaired) electrons. The molecule has 0 saturated carbocycles. The van der Waals surface area contributed by atoms with Crippen LogP contribution < -0.4 is 10.0 Å². The molecule has 2 amide bonds. The lowest BCUT2D eigenvalue weighted by Crippen LogP contribution is -2.51. The van der Waals surface area contributed by atoms with E-state index in [1.54, 1.807) is 18.3 Å². The number of likely N-dealkylation sites (tertiary alicyclic amines) is 1. The number of carboxylic acids is 1. The van der Waals surface area contributed by atoms with Gasteiger partial charge in [-0.3, -0.25) is 9.59 Å². The van der Waals surface area contributed by atoms with Crippen LogP contribution in [-0.4, -0.2) is 66.4 Å². The summed E-state index contributed by atoms with van der Waals surface area (Å²) in [7, 11) is -3.86. The molecule has 3 aromatic rings. The number of hydrogen-bond donors (Lipinski definition) is 4. The third-order valence-corrected chi connectivity index (χ3v) is 8.48. The van der Waals surface area contributed by atoms with E-state index < -0.39 is 34.0 Å². The fourth-order valence-electron chi connectivity index (χ4n) is 4.71. The van der Waals surface area contributed by atoms with E-state index in [-0.39, 0.29) is 36.2 Å². The summed E-state index contributed by atoms with van der Waals surface area (Å²) in [5.74, 6) is -2.30. The number of rotatable bonds is 9. The minimum atomic E-state index is -3.86. The summed E-state index contributed by atoms with van der Waals surface area (Å²) in [6.45, 7) is 3.89. The summed E-state index contributed by atoms with van der Waals surface area (Å²) < 4.78 is 27.7. The van der Waals surface area contributed by atoms with Crippen LogP contribution in [0.4, 0.5) is 0 Å². The number of benzene rings is 2. The summed E-state index contributed by atoms with van der Waals surface area (Å²) in [5.41, 5.74) is 2.62. The molecule has 1 aliphatic rings. The van der Waals surface area contributed by atoms with Crippen molar-refractivity contribution < 1.29 is 27.9 Å². The molecule has 1 fully saturated rings. The summed E-state index contributed by atoms with van der Waals surface area (Å²) in [6.07, 6.45) is 2.61. The van der Waals surface area contributed by atoms with E-state index in [4.69, 9.17) is 0 Å². The zero-order chi connectivity index (χ0) is 27.4. The van der Waals surface area contributed by atoms with E-state index in [1.165, 1.54) is 24.0 Å². The van der Waals surface area contributed by atoms with Gasteiger partial charge in [0.1, 0.15) is 6.04 Å². The molecule has 11 heteroatoms. The minimum Gasteiger partial charge on any atom is -0.480 e. The predicted molar refractivity (Wildman–Crippen MR) is 142 cm³/mol. The molecule has 0 bridgehead atoms. The van der Waals surface area contributed by atoms with E-state index in [2.05, 4.69) is 15.0 Å². The normalized spacial score (nSPS) is 16.2. The van der Waals surface area contributed by atoms with Crippen molar-refractivity contribution in [3.63, 3.8) is 0 Å². The first-order chi connectivity index (χ1) is 18.0. The molecule has 4 rings (SSSR count). The standard InChI is InChI=1S/C27H32N4O6S/c1-17-7-9-21(10-8-17)38(36,37)30-18(2)26(33)31-13-11-19(12-14-31)25(32)29-24(27(34)35)15-20-16-28-23-6-4-3-5-22(20)23/h3-10,16,18-19,24,28,30H,11-15H2,1-2H3,(H,29,32)(H,34,35). The van der Waals surface area contributed by atoms with Crippen molar-refractivity contribution in [3.8, 4) is 0 Å². The average Bonchev–Trinajstić information content (AvgIpc) is 3.30. The van der Waals surface area contributed by atoms with Crippen LogP contribution in [0.3, 0.4) is 0 Å². The van der Waals surface area contributed by atoms with Crippen molar-refractivity contribution in [3.05, 3.63) is 65.9 Å². The highest BCUT2D eigenvalue weighted by atomic mass is 32.2. The molecule has 0 aliphatic carbocycles. The number of carbonyl (C=O) groups is 3. The van der Waals surface area contributed by atoms with Gasteiger partial charge in [0.15, 0.2) is 0 Å². The molecular formula is C27H32N4O6S. The topological polar surface area (TPSA) is 149 Å². The summed E-state index contributed by atoms with van der Waals surface area (Å²) in [5, 5.41) is 13.3. The number of para-hydroxylation sites is 1. The van der Waals surface area contributed by atoms with Crippen LogP contribution in [-0.2, 0) is 30.8 Å². The number of carbonyl (C=O) groups excluding carboxylic acids is 2. The highest BCUT2D eigenvalue weighted by molar-refractivity contribution is 7.89. The van der Waals surface area contributed by atoms with Gasteiger partial charge in [-0.2, -0.15) is 4.72 Å². The van der Waals surface area contributed by atoms with Gasteiger partial charge in [-0.1, -0.05) is 35.9 Å². The van der Waals surface area contributed by atoms with E-state index in [0.29, 0.717) is 12.8 Å². The molecule has 1 saturated heterocycles. The fourth-order valence-corrected chi connectivity index (χ4v) is 5.91. The Hall–Kier alpha value is -3.70. The van der Waals surface area contributed by atoms with Crippen molar-refractivity contribution in [2.45, 2.75) is 50.1 Å². The zero-order valence-corrected chi connectivity index (χ0v) is 22.1. The van der Waals surface area contributed by atoms with E-state index in [9.17, 15) is 27.9 Å². The number of sulfonamides is 1. The molecule has 4 N–H and O–H groups in total. The van der Waals surface area contributed by atoms with Crippen molar-refractivity contribution in [1.29, 1.82) is 0 Å². The first kappa shape index (κ1) is 27.3. The molecule has 1 aliphatic heterocycles. The van der Waals surface area contributed by atoms with Crippen molar-refractivity contribution in [2.24, 2.45) is 5.92 Å². The predicted octanol–water partition coefficient (Wildman–Crippen LogP) is 2.19.